The van der Waals surface area contributed by atoms with E-state index in [1.165, 1.54) is 0 Å². The zero-order valence-electron chi connectivity index (χ0n) is 18.5. The van der Waals surface area contributed by atoms with Crippen LogP contribution in [0.25, 0.3) is 0 Å². The lowest BCUT2D eigenvalue weighted by atomic mass is 9.99. The zero-order valence-corrected chi connectivity index (χ0v) is 18.5. The molecule has 2 aliphatic rings. The van der Waals surface area contributed by atoms with Crippen molar-refractivity contribution in [3.05, 3.63) is 23.3 Å². The van der Waals surface area contributed by atoms with Gasteiger partial charge in [-0.1, -0.05) is 17.7 Å². The van der Waals surface area contributed by atoms with Crippen molar-refractivity contribution in [3.63, 3.8) is 0 Å². The summed E-state index contributed by atoms with van der Waals surface area (Å²) in [5, 5.41) is 69.4. The quantitative estimate of drug-likeness (QED) is 0.177. The fourth-order valence-corrected chi connectivity index (χ4v) is 3.33. The Morgan fingerprint density at radius 2 is 1.38 bits per heavy atom. The summed E-state index contributed by atoms with van der Waals surface area (Å²) in [6.45, 7) is 4.71. The Hall–Kier alpha value is -0.960. The minimum Gasteiger partial charge on any atom is -0.394 e. The Bertz CT molecular complexity index is 635. The minimum absolute atomic E-state index is 0.0232. The Balaban J connectivity index is 1.90. The van der Waals surface area contributed by atoms with Crippen molar-refractivity contribution < 1.29 is 54.7 Å². The van der Waals surface area contributed by atoms with E-state index in [2.05, 4.69) is 0 Å². The van der Waals surface area contributed by atoms with E-state index in [1.54, 1.807) is 13.0 Å². The first kappa shape index (κ1) is 27.3. The Morgan fingerprint density at radius 1 is 0.812 bits per heavy atom. The van der Waals surface area contributed by atoms with Crippen LogP contribution in [0.4, 0.5) is 0 Å². The molecule has 0 aliphatic carbocycles. The summed E-state index contributed by atoms with van der Waals surface area (Å²) in [6, 6.07) is 0. The molecule has 2 fully saturated rings. The van der Waals surface area contributed by atoms with Gasteiger partial charge in [0.05, 0.1) is 25.9 Å². The van der Waals surface area contributed by atoms with Crippen molar-refractivity contribution in [3.8, 4) is 0 Å². The standard InChI is InChI=1S/C21H36O11/c1-10(2)4-5-12(23)11(3)6-7-29-20-19(28)17(26)16(25)14(32-20)9-30-21-18(27)15(24)13(8-22)31-21/h4,6,12-28H,5,7-9H2,1-3H3. The zero-order chi connectivity index (χ0) is 24.0. The van der Waals surface area contributed by atoms with E-state index < -0.39 is 68.0 Å². The van der Waals surface area contributed by atoms with Gasteiger partial charge < -0.3 is 54.7 Å². The Kier molecular flexibility index (Phi) is 10.6. The SMILES string of the molecule is CC(C)=CCC(O)C(C)=CCOC1OC(COC2OC(CO)C(O)C2O)C(O)C(O)C1O. The predicted octanol–water partition coefficient (Wildman–Crippen LogP) is -2.07. The highest BCUT2D eigenvalue weighted by atomic mass is 16.7. The summed E-state index contributed by atoms with van der Waals surface area (Å²) in [5.41, 5.74) is 1.75. The van der Waals surface area contributed by atoms with Crippen LogP contribution in [0.2, 0.25) is 0 Å². The first-order valence-electron chi connectivity index (χ1n) is 10.6. The molecule has 10 atom stereocenters. The number of rotatable bonds is 10. The van der Waals surface area contributed by atoms with Crippen LogP contribution in [0.5, 0.6) is 0 Å². The fraction of sp³-hybridized carbons (Fsp3) is 0.810. The van der Waals surface area contributed by atoms with Crippen LogP contribution in [0, 0.1) is 0 Å². The summed E-state index contributed by atoms with van der Waals surface area (Å²) in [6.07, 6.45) is -8.77. The second-order valence-electron chi connectivity index (χ2n) is 8.37. The smallest absolute Gasteiger partial charge is 0.187 e. The molecule has 2 rings (SSSR count). The molecule has 0 aromatic heterocycles. The van der Waals surface area contributed by atoms with E-state index in [0.29, 0.717) is 12.0 Å². The van der Waals surface area contributed by atoms with E-state index in [-0.39, 0.29) is 13.2 Å². The number of ether oxygens (including phenoxy) is 4. The molecule has 10 unspecified atom stereocenters. The van der Waals surface area contributed by atoms with E-state index in [9.17, 15) is 30.6 Å². The molecule has 0 aromatic carbocycles. The summed E-state index contributed by atoms with van der Waals surface area (Å²) in [5.74, 6) is 0. The van der Waals surface area contributed by atoms with Crippen LogP contribution in [0.3, 0.4) is 0 Å². The van der Waals surface area contributed by atoms with Crippen molar-refractivity contribution in [2.75, 3.05) is 19.8 Å². The predicted molar refractivity (Wildman–Crippen MR) is 110 cm³/mol. The van der Waals surface area contributed by atoms with Gasteiger partial charge in [-0.3, -0.25) is 0 Å². The molecule has 0 amide bonds. The number of allylic oxidation sites excluding steroid dienone is 1. The van der Waals surface area contributed by atoms with Gasteiger partial charge in [0.15, 0.2) is 12.6 Å². The molecule has 11 nitrogen and oxygen atoms in total. The third-order valence-electron chi connectivity index (χ3n) is 5.53. The lowest BCUT2D eigenvalue weighted by molar-refractivity contribution is -0.308. The molecule has 0 saturated carbocycles. The van der Waals surface area contributed by atoms with Crippen LogP contribution in [-0.4, -0.2) is 117 Å². The van der Waals surface area contributed by atoms with E-state index in [0.717, 1.165) is 5.57 Å². The molecule has 2 aliphatic heterocycles. The average molecular weight is 465 g/mol. The normalized spacial score (nSPS) is 39.2. The number of hydrogen-bond donors (Lipinski definition) is 7. The average Bonchev–Trinajstić information content (AvgIpc) is 3.04. The second kappa shape index (κ2) is 12.5. The maximum Gasteiger partial charge on any atom is 0.187 e. The molecule has 7 N–H and O–H groups in total. The van der Waals surface area contributed by atoms with Gasteiger partial charge in [0.1, 0.15) is 42.7 Å². The molecule has 0 radical (unpaired) electrons. The monoisotopic (exact) mass is 464 g/mol. The van der Waals surface area contributed by atoms with E-state index in [4.69, 9.17) is 24.1 Å². The van der Waals surface area contributed by atoms with Gasteiger partial charge in [-0.2, -0.15) is 0 Å². The fourth-order valence-electron chi connectivity index (χ4n) is 3.33. The van der Waals surface area contributed by atoms with Crippen LogP contribution in [-0.2, 0) is 18.9 Å². The third-order valence-corrected chi connectivity index (χ3v) is 5.53. The topological polar surface area (TPSA) is 179 Å². The number of aliphatic hydroxyl groups is 7. The number of aliphatic hydroxyl groups excluding tert-OH is 7. The summed E-state index contributed by atoms with van der Waals surface area (Å²) in [7, 11) is 0. The number of hydrogen-bond acceptors (Lipinski definition) is 11. The first-order chi connectivity index (χ1) is 15.1. The van der Waals surface area contributed by atoms with Gasteiger partial charge in [-0.05, 0) is 32.8 Å². The van der Waals surface area contributed by atoms with Crippen LogP contribution in [0.1, 0.15) is 27.2 Å². The molecule has 32 heavy (non-hydrogen) atoms. The Labute approximate surface area is 187 Å². The third kappa shape index (κ3) is 7.02. The van der Waals surface area contributed by atoms with Gasteiger partial charge in [0, 0.05) is 0 Å². The lowest BCUT2D eigenvalue weighted by Gasteiger charge is -2.40. The molecule has 11 heteroatoms. The summed E-state index contributed by atoms with van der Waals surface area (Å²) < 4.78 is 21.5. The van der Waals surface area contributed by atoms with Crippen LogP contribution >= 0.6 is 0 Å². The maximum atomic E-state index is 10.2. The largest absolute Gasteiger partial charge is 0.394 e. The highest BCUT2D eigenvalue weighted by Gasteiger charge is 2.47. The van der Waals surface area contributed by atoms with Crippen molar-refractivity contribution in [2.24, 2.45) is 0 Å². The van der Waals surface area contributed by atoms with Crippen molar-refractivity contribution in [1.82, 2.24) is 0 Å². The summed E-state index contributed by atoms with van der Waals surface area (Å²) >= 11 is 0. The van der Waals surface area contributed by atoms with Gasteiger partial charge in [0.2, 0.25) is 0 Å². The van der Waals surface area contributed by atoms with Crippen LogP contribution in [0.15, 0.2) is 23.3 Å². The maximum absolute atomic E-state index is 10.2. The van der Waals surface area contributed by atoms with Crippen molar-refractivity contribution >= 4 is 0 Å². The molecule has 2 saturated heterocycles. The Morgan fingerprint density at radius 3 is 1.97 bits per heavy atom. The molecular formula is C21H36O11. The second-order valence-corrected chi connectivity index (χ2v) is 8.37. The van der Waals surface area contributed by atoms with Crippen LogP contribution < -0.4 is 0 Å². The molecule has 0 spiro atoms. The summed E-state index contributed by atoms with van der Waals surface area (Å²) in [4.78, 5) is 0. The molecule has 0 aromatic rings. The highest BCUT2D eigenvalue weighted by molar-refractivity contribution is 5.08. The van der Waals surface area contributed by atoms with Gasteiger partial charge in [-0.25, -0.2) is 0 Å². The molecule has 0 bridgehead atoms. The van der Waals surface area contributed by atoms with Gasteiger partial charge >= 0.3 is 0 Å². The van der Waals surface area contributed by atoms with Crippen molar-refractivity contribution in [2.45, 2.75) is 88.6 Å². The first-order valence-corrected chi connectivity index (χ1v) is 10.6. The van der Waals surface area contributed by atoms with Gasteiger partial charge in [-0.15, -0.1) is 0 Å². The minimum atomic E-state index is -1.58. The molecular weight excluding hydrogens is 428 g/mol. The van der Waals surface area contributed by atoms with Crippen molar-refractivity contribution in [1.29, 1.82) is 0 Å². The lowest BCUT2D eigenvalue weighted by Crippen LogP contribution is -2.59. The van der Waals surface area contributed by atoms with E-state index >= 15 is 0 Å². The highest BCUT2D eigenvalue weighted by Crippen LogP contribution is 2.26. The molecule has 186 valence electrons. The molecule has 2 heterocycles. The van der Waals surface area contributed by atoms with E-state index in [1.807, 2.05) is 19.9 Å². The van der Waals surface area contributed by atoms with Gasteiger partial charge in [0.25, 0.3) is 0 Å².